The molecule has 0 atom stereocenters. The first-order valence-corrected chi connectivity index (χ1v) is 15.3. The summed E-state index contributed by atoms with van der Waals surface area (Å²) < 4.78 is 30.6. The Hall–Kier alpha value is 0.920. The monoisotopic (exact) mass is 640 g/mol. The predicted molar refractivity (Wildman–Crippen MR) is 141 cm³/mol. The van der Waals surface area contributed by atoms with Gasteiger partial charge in [0.2, 0.25) is 0 Å². The van der Waals surface area contributed by atoms with Crippen LogP contribution in [0.3, 0.4) is 0 Å². The van der Waals surface area contributed by atoms with Gasteiger partial charge in [-0.05, 0) is 12.1 Å². The third kappa shape index (κ3) is 9.18. The highest BCUT2D eigenvalue weighted by Crippen LogP contribution is 2.51. The lowest BCUT2D eigenvalue weighted by Crippen LogP contribution is -1.97. The van der Waals surface area contributed by atoms with Crippen molar-refractivity contribution in [2.45, 2.75) is 0 Å². The van der Waals surface area contributed by atoms with Crippen molar-refractivity contribution < 1.29 is 27.1 Å². The minimum Gasteiger partial charge on any atom is -0.422 e. The zero-order valence-electron chi connectivity index (χ0n) is 16.7. The second-order valence-corrected chi connectivity index (χ2v) is 13.9. The van der Waals surface area contributed by atoms with E-state index in [0.717, 1.165) is 0 Å². The fourth-order valence-corrected chi connectivity index (χ4v) is 4.81. The molecular formula is C16H16Cl6O6P2S2. The Kier molecular flexibility index (Phi) is 13.4. The summed E-state index contributed by atoms with van der Waals surface area (Å²) in [7, 11) is 5.59. The van der Waals surface area contributed by atoms with Crippen LogP contribution in [-0.2, 0) is 41.7 Å². The number of rotatable bonds is 8. The summed E-state index contributed by atoms with van der Waals surface area (Å²) in [5, 5.41) is 1.88. The van der Waals surface area contributed by atoms with Crippen molar-refractivity contribution in [1.82, 2.24) is 0 Å². The molecule has 2 rings (SSSR count). The predicted octanol–water partition coefficient (Wildman–Crippen LogP) is 9.09. The highest BCUT2D eigenvalue weighted by Gasteiger charge is 2.22. The summed E-state index contributed by atoms with van der Waals surface area (Å²) in [6.45, 7) is -5.64. The van der Waals surface area contributed by atoms with Crippen LogP contribution in [0.1, 0.15) is 0 Å². The summed E-state index contributed by atoms with van der Waals surface area (Å²) in [6, 6.07) is 5.86. The van der Waals surface area contributed by atoms with Crippen molar-refractivity contribution in [3.8, 4) is 11.5 Å². The van der Waals surface area contributed by atoms with Gasteiger partial charge >= 0.3 is 13.4 Å². The van der Waals surface area contributed by atoms with Gasteiger partial charge < -0.3 is 27.1 Å². The van der Waals surface area contributed by atoms with E-state index in [1.165, 1.54) is 52.7 Å². The van der Waals surface area contributed by atoms with Crippen LogP contribution in [0.5, 0.6) is 11.5 Å². The van der Waals surface area contributed by atoms with Crippen LogP contribution in [-0.4, -0.2) is 28.4 Å². The molecule has 0 aliphatic heterocycles. The van der Waals surface area contributed by atoms with Crippen LogP contribution in [0.2, 0.25) is 30.1 Å². The molecule has 0 aliphatic carbocycles. The molecule has 6 nitrogen and oxygen atoms in total. The Morgan fingerprint density at radius 2 is 0.750 bits per heavy atom. The van der Waals surface area contributed by atoms with Gasteiger partial charge in [0.15, 0.2) is 0 Å². The van der Waals surface area contributed by atoms with Crippen LogP contribution in [0.25, 0.3) is 0 Å². The van der Waals surface area contributed by atoms with E-state index < -0.39 is 13.4 Å². The van der Waals surface area contributed by atoms with Crippen LogP contribution in [0.4, 0.5) is 0 Å². The molecule has 2 aromatic carbocycles. The maximum atomic E-state index is 5.91. The van der Waals surface area contributed by atoms with E-state index in [-0.39, 0.29) is 21.5 Å². The molecule has 0 unspecified atom stereocenters. The molecule has 0 radical (unpaired) electrons. The molecule has 2 aromatic rings. The lowest BCUT2D eigenvalue weighted by Gasteiger charge is -2.19. The van der Waals surface area contributed by atoms with Crippen molar-refractivity contribution in [3.05, 3.63) is 54.4 Å². The maximum absolute atomic E-state index is 5.91. The third-order valence-electron chi connectivity index (χ3n) is 3.26. The molecule has 0 amide bonds. The quantitative estimate of drug-likeness (QED) is 0.209. The van der Waals surface area contributed by atoms with E-state index in [9.17, 15) is 0 Å². The zero-order valence-corrected chi connectivity index (χ0v) is 24.7. The van der Waals surface area contributed by atoms with Gasteiger partial charge in [-0.1, -0.05) is 69.6 Å². The molecule has 0 aromatic heterocycles. The normalized spacial score (nSPS) is 11.6. The number of hydrogen-bond donors (Lipinski definition) is 0. The standard InChI is InChI=1S/2C8H8Cl3O3PS/c2*1-12-15(16,13-2)14-8-4-6(10)5(9)3-7(8)11/h2*3-4H,1-2H3. The van der Waals surface area contributed by atoms with Gasteiger partial charge in [0.05, 0.1) is 30.1 Å². The first kappa shape index (κ1) is 31.0. The topological polar surface area (TPSA) is 55.4 Å². The van der Waals surface area contributed by atoms with E-state index in [1.807, 2.05) is 0 Å². The van der Waals surface area contributed by atoms with Gasteiger partial charge in [-0.15, -0.1) is 0 Å². The molecule has 0 saturated carbocycles. The smallest absolute Gasteiger partial charge is 0.380 e. The Bertz CT molecular complexity index is 947. The Balaban J connectivity index is 0.000000320. The van der Waals surface area contributed by atoms with E-state index >= 15 is 0 Å². The fraction of sp³-hybridized carbons (Fsp3) is 0.250. The lowest BCUT2D eigenvalue weighted by molar-refractivity contribution is 0.272. The van der Waals surface area contributed by atoms with Gasteiger partial charge in [-0.2, -0.15) is 0 Å². The van der Waals surface area contributed by atoms with E-state index in [4.69, 9.17) is 120 Å². The van der Waals surface area contributed by atoms with Gasteiger partial charge in [0.1, 0.15) is 11.5 Å². The molecule has 0 fully saturated rings. The van der Waals surface area contributed by atoms with Crippen molar-refractivity contribution in [3.63, 3.8) is 0 Å². The Morgan fingerprint density at radius 1 is 0.500 bits per heavy atom. The van der Waals surface area contributed by atoms with Crippen LogP contribution >= 0.6 is 83.0 Å². The molecule has 0 bridgehead atoms. The molecule has 0 aliphatic rings. The fourth-order valence-electron chi connectivity index (χ4n) is 1.69. The lowest BCUT2D eigenvalue weighted by atomic mass is 10.3. The number of halogens is 6. The first-order valence-electron chi connectivity index (χ1n) is 7.95. The molecule has 180 valence electrons. The SMILES string of the molecule is COP(=S)(OC)Oc1cc(Cl)c(Cl)cc1Cl.COP(=S)(OC)Oc1cc(Cl)c(Cl)cc1Cl. The van der Waals surface area contributed by atoms with Crippen LogP contribution in [0, 0.1) is 0 Å². The summed E-state index contributed by atoms with van der Waals surface area (Å²) in [6.07, 6.45) is 0. The van der Waals surface area contributed by atoms with E-state index in [1.54, 1.807) is 0 Å². The summed E-state index contributed by atoms with van der Waals surface area (Å²) in [5.74, 6) is 0.561. The molecule has 0 heterocycles. The van der Waals surface area contributed by atoms with E-state index in [2.05, 4.69) is 0 Å². The van der Waals surface area contributed by atoms with Crippen molar-refractivity contribution in [2.24, 2.45) is 0 Å². The number of hydrogen-bond acceptors (Lipinski definition) is 8. The summed E-state index contributed by atoms with van der Waals surface area (Å²) in [5.41, 5.74) is 0. The molecule has 16 heteroatoms. The molecule has 0 saturated heterocycles. The minimum atomic E-state index is -2.82. The second kappa shape index (κ2) is 13.9. The summed E-state index contributed by atoms with van der Waals surface area (Å²) >= 11 is 45.1. The highest BCUT2D eigenvalue weighted by molar-refractivity contribution is 8.08. The second-order valence-electron chi connectivity index (χ2n) is 5.20. The number of benzene rings is 2. The van der Waals surface area contributed by atoms with Crippen molar-refractivity contribution in [2.75, 3.05) is 28.4 Å². The maximum Gasteiger partial charge on any atom is 0.380 e. The average molecular weight is 643 g/mol. The molecule has 0 spiro atoms. The van der Waals surface area contributed by atoms with Gasteiger partial charge in [0, 0.05) is 64.2 Å². The van der Waals surface area contributed by atoms with Gasteiger partial charge in [0.25, 0.3) is 0 Å². The Morgan fingerprint density at radius 3 is 1.00 bits per heavy atom. The van der Waals surface area contributed by atoms with Crippen molar-refractivity contribution in [1.29, 1.82) is 0 Å². The molecule has 32 heavy (non-hydrogen) atoms. The largest absolute Gasteiger partial charge is 0.422 e. The minimum absolute atomic E-state index is 0.281. The van der Waals surface area contributed by atoms with Crippen LogP contribution < -0.4 is 9.05 Å². The van der Waals surface area contributed by atoms with Gasteiger partial charge in [-0.25, -0.2) is 0 Å². The summed E-state index contributed by atoms with van der Waals surface area (Å²) in [4.78, 5) is 0. The molecular weight excluding hydrogens is 627 g/mol. The van der Waals surface area contributed by atoms with E-state index in [0.29, 0.717) is 20.1 Å². The van der Waals surface area contributed by atoms with Crippen molar-refractivity contribution >= 4 is 107 Å². The highest BCUT2D eigenvalue weighted by atomic mass is 35.5. The zero-order chi connectivity index (χ0) is 24.7. The molecule has 0 N–H and O–H groups in total. The third-order valence-corrected chi connectivity index (χ3v) is 10.2. The van der Waals surface area contributed by atoms with Crippen LogP contribution in [0.15, 0.2) is 24.3 Å². The van der Waals surface area contributed by atoms with Gasteiger partial charge in [-0.3, -0.25) is 0 Å². The average Bonchev–Trinajstić information content (AvgIpc) is 2.76. The Labute approximate surface area is 226 Å². The first-order chi connectivity index (χ1) is 14.8.